The smallest absolute Gasteiger partial charge is 0.423 e. The highest BCUT2D eigenvalue weighted by Crippen LogP contribution is 2.23. The monoisotopic (exact) mass is 398 g/mol. The molecule has 0 fully saturated rings. The Labute approximate surface area is 166 Å². The van der Waals surface area contributed by atoms with Gasteiger partial charge in [0.05, 0.1) is 7.11 Å². The third-order valence-electron chi connectivity index (χ3n) is 4.96. The fourth-order valence-corrected chi connectivity index (χ4v) is 3.03. The maximum atomic E-state index is 12.8. The molecular formula is C21H22N2O6. The van der Waals surface area contributed by atoms with Crippen LogP contribution >= 0.6 is 0 Å². The molecule has 0 aliphatic rings. The maximum absolute atomic E-state index is 12.8. The van der Waals surface area contributed by atoms with Crippen molar-refractivity contribution in [1.29, 1.82) is 0 Å². The second kappa shape index (κ2) is 8.30. The average molecular weight is 398 g/mol. The Balaban J connectivity index is 1.89. The Kier molecular flexibility index (Phi) is 5.81. The first kappa shape index (κ1) is 20.3. The molecule has 1 aromatic carbocycles. The van der Waals surface area contributed by atoms with E-state index in [2.05, 4.69) is 4.98 Å². The van der Waals surface area contributed by atoms with Crippen molar-refractivity contribution < 1.29 is 18.7 Å². The lowest BCUT2D eigenvalue weighted by Gasteiger charge is -2.23. The Morgan fingerprint density at radius 3 is 2.45 bits per heavy atom. The first-order valence-electron chi connectivity index (χ1n) is 9.19. The van der Waals surface area contributed by atoms with Gasteiger partial charge >= 0.3 is 11.7 Å². The number of ether oxygens (including phenoxy) is 2. The number of carbonyl (C=O) groups excluding carboxylic acids is 1. The lowest BCUT2D eigenvalue weighted by molar-refractivity contribution is -0.153. The number of aromatic nitrogens is 2. The van der Waals surface area contributed by atoms with Crippen LogP contribution in [-0.4, -0.2) is 28.7 Å². The molecule has 3 rings (SSSR count). The highest BCUT2D eigenvalue weighted by Gasteiger charge is 2.27. The van der Waals surface area contributed by atoms with Crippen LogP contribution in [0.15, 0.2) is 56.6 Å². The zero-order valence-corrected chi connectivity index (χ0v) is 16.6. The van der Waals surface area contributed by atoms with Gasteiger partial charge < -0.3 is 13.9 Å². The molecular weight excluding hydrogens is 376 g/mol. The molecule has 0 bridgehead atoms. The van der Waals surface area contributed by atoms with Crippen LogP contribution in [0, 0.1) is 0 Å². The molecule has 0 amide bonds. The van der Waals surface area contributed by atoms with Crippen molar-refractivity contribution >= 4 is 17.1 Å². The summed E-state index contributed by atoms with van der Waals surface area (Å²) in [7, 11) is 1.38. The summed E-state index contributed by atoms with van der Waals surface area (Å²) in [5.74, 6) is -1.56. The molecule has 3 unspecified atom stereocenters. The summed E-state index contributed by atoms with van der Waals surface area (Å²) >= 11 is 0. The minimum absolute atomic E-state index is 0.0621. The van der Waals surface area contributed by atoms with Crippen LogP contribution in [0.25, 0.3) is 11.1 Å². The number of nitrogens with zero attached hydrogens (tertiary/aromatic N) is 2. The molecule has 0 saturated heterocycles. The predicted molar refractivity (Wildman–Crippen MR) is 106 cm³/mol. The van der Waals surface area contributed by atoms with Gasteiger partial charge in [0.1, 0.15) is 12.1 Å². The second-order valence-corrected chi connectivity index (χ2v) is 6.75. The summed E-state index contributed by atoms with van der Waals surface area (Å²) in [4.78, 5) is 41.8. The fraction of sp³-hybridized carbons (Fsp3) is 0.333. The zero-order chi connectivity index (χ0) is 21.1. The first-order chi connectivity index (χ1) is 13.8. The quantitative estimate of drug-likeness (QED) is 0.588. The van der Waals surface area contributed by atoms with E-state index in [-0.39, 0.29) is 22.8 Å². The van der Waals surface area contributed by atoms with Gasteiger partial charge in [-0.1, -0.05) is 37.3 Å². The second-order valence-electron chi connectivity index (χ2n) is 6.75. The lowest BCUT2D eigenvalue weighted by Crippen LogP contribution is -2.39. The molecule has 0 aliphatic heterocycles. The van der Waals surface area contributed by atoms with E-state index >= 15 is 0 Å². The fourth-order valence-electron chi connectivity index (χ4n) is 3.03. The molecule has 152 valence electrons. The SMILES string of the molecule is COc1ccnc2c(=O)n(C(C)C(=O)OC(C)C(C)c3ccccc3)c(=O)oc12. The number of methoxy groups -OCH3 is 1. The van der Waals surface area contributed by atoms with E-state index < -0.39 is 29.4 Å². The zero-order valence-electron chi connectivity index (χ0n) is 16.6. The van der Waals surface area contributed by atoms with Crippen LogP contribution < -0.4 is 16.1 Å². The van der Waals surface area contributed by atoms with Crippen LogP contribution in [0.1, 0.15) is 38.3 Å². The molecule has 29 heavy (non-hydrogen) atoms. The van der Waals surface area contributed by atoms with Crippen LogP contribution in [0.5, 0.6) is 5.75 Å². The lowest BCUT2D eigenvalue weighted by atomic mass is 9.96. The van der Waals surface area contributed by atoms with Gasteiger partial charge in [-0.2, -0.15) is 0 Å². The average Bonchev–Trinajstić information content (AvgIpc) is 2.73. The number of esters is 1. The molecule has 2 aromatic heterocycles. The van der Waals surface area contributed by atoms with Gasteiger partial charge in [-0.05, 0) is 19.4 Å². The number of rotatable bonds is 6. The van der Waals surface area contributed by atoms with Crippen molar-refractivity contribution in [2.75, 3.05) is 7.11 Å². The molecule has 2 heterocycles. The molecule has 0 aliphatic carbocycles. The van der Waals surface area contributed by atoms with Crippen molar-refractivity contribution in [3.8, 4) is 5.75 Å². The van der Waals surface area contributed by atoms with Gasteiger partial charge in [-0.3, -0.25) is 4.79 Å². The number of pyridine rings is 1. The van der Waals surface area contributed by atoms with Crippen molar-refractivity contribution in [1.82, 2.24) is 9.55 Å². The molecule has 0 N–H and O–H groups in total. The van der Waals surface area contributed by atoms with Crippen LogP contribution in [-0.2, 0) is 9.53 Å². The summed E-state index contributed by atoms with van der Waals surface area (Å²) in [6.45, 7) is 5.11. The van der Waals surface area contributed by atoms with Gasteiger partial charge in [0.2, 0.25) is 5.58 Å². The van der Waals surface area contributed by atoms with E-state index in [1.165, 1.54) is 26.3 Å². The van der Waals surface area contributed by atoms with Crippen molar-refractivity contribution in [2.45, 2.75) is 38.8 Å². The van der Waals surface area contributed by atoms with E-state index in [1.54, 1.807) is 6.92 Å². The Bertz CT molecular complexity index is 1140. The van der Waals surface area contributed by atoms with Crippen LogP contribution in [0.3, 0.4) is 0 Å². The van der Waals surface area contributed by atoms with Crippen molar-refractivity contribution in [3.05, 3.63) is 69.1 Å². The number of benzene rings is 1. The third kappa shape index (κ3) is 3.91. The van der Waals surface area contributed by atoms with Gasteiger partial charge in [0, 0.05) is 18.2 Å². The van der Waals surface area contributed by atoms with Gasteiger partial charge in [-0.25, -0.2) is 19.1 Å². The molecule has 0 radical (unpaired) electrons. The van der Waals surface area contributed by atoms with E-state index in [0.29, 0.717) is 4.57 Å². The summed E-state index contributed by atoms with van der Waals surface area (Å²) in [5, 5.41) is 0. The highest BCUT2D eigenvalue weighted by molar-refractivity contribution is 5.78. The minimum atomic E-state index is -1.18. The summed E-state index contributed by atoms with van der Waals surface area (Å²) in [6, 6.07) is 9.90. The van der Waals surface area contributed by atoms with Gasteiger partial charge in [0.15, 0.2) is 11.3 Å². The minimum Gasteiger partial charge on any atom is -0.493 e. The third-order valence-corrected chi connectivity index (χ3v) is 4.96. The molecule has 8 heteroatoms. The molecule has 0 spiro atoms. The number of hydrogen-bond acceptors (Lipinski definition) is 7. The topological polar surface area (TPSA) is 101 Å². The Morgan fingerprint density at radius 1 is 1.10 bits per heavy atom. The van der Waals surface area contributed by atoms with Crippen molar-refractivity contribution in [3.63, 3.8) is 0 Å². The maximum Gasteiger partial charge on any atom is 0.423 e. The summed E-state index contributed by atoms with van der Waals surface area (Å²) in [6.07, 6.45) is 0.897. The standard InChI is InChI=1S/C21H22N2O6/c1-12(15-8-6-5-7-9-15)14(3)28-20(25)13(2)23-19(24)17-18(29-21(23)26)16(27-4)10-11-22-17/h5-14H,1-4H3. The number of carbonyl (C=O) groups is 1. The van der Waals surface area contributed by atoms with Crippen LogP contribution in [0.2, 0.25) is 0 Å². The largest absolute Gasteiger partial charge is 0.493 e. The van der Waals surface area contributed by atoms with E-state index in [4.69, 9.17) is 13.9 Å². The van der Waals surface area contributed by atoms with Gasteiger partial charge in [0.25, 0.3) is 5.56 Å². The number of fused-ring (bicyclic) bond motifs is 1. The predicted octanol–water partition coefficient (Wildman–Crippen LogP) is 2.65. The summed E-state index contributed by atoms with van der Waals surface area (Å²) < 4.78 is 16.5. The van der Waals surface area contributed by atoms with E-state index in [1.807, 2.05) is 37.3 Å². The van der Waals surface area contributed by atoms with Crippen LogP contribution in [0.4, 0.5) is 0 Å². The van der Waals surface area contributed by atoms with E-state index in [0.717, 1.165) is 5.56 Å². The molecule has 3 atom stereocenters. The Morgan fingerprint density at radius 2 is 1.79 bits per heavy atom. The summed E-state index contributed by atoms with van der Waals surface area (Å²) in [5.41, 5.74) is 0.102. The van der Waals surface area contributed by atoms with Crippen molar-refractivity contribution in [2.24, 2.45) is 0 Å². The first-order valence-corrected chi connectivity index (χ1v) is 9.19. The normalized spacial score (nSPS) is 14.2. The van der Waals surface area contributed by atoms with Gasteiger partial charge in [-0.15, -0.1) is 0 Å². The molecule has 0 saturated carbocycles. The molecule has 3 aromatic rings. The Hall–Kier alpha value is -3.42. The number of hydrogen-bond donors (Lipinski definition) is 0. The molecule has 8 nitrogen and oxygen atoms in total. The van der Waals surface area contributed by atoms with E-state index in [9.17, 15) is 14.4 Å². The highest BCUT2D eigenvalue weighted by atomic mass is 16.5.